The highest BCUT2D eigenvalue weighted by atomic mass is 79.9. The number of hydrogen-bond donors (Lipinski definition) is 1. The van der Waals surface area contributed by atoms with E-state index in [-0.39, 0.29) is 6.04 Å². The van der Waals surface area contributed by atoms with Gasteiger partial charge in [0.25, 0.3) is 0 Å². The lowest BCUT2D eigenvalue weighted by molar-refractivity contribution is 0.457. The van der Waals surface area contributed by atoms with Crippen LogP contribution in [0.4, 0.5) is 0 Å². The van der Waals surface area contributed by atoms with E-state index in [0.29, 0.717) is 5.92 Å². The van der Waals surface area contributed by atoms with Gasteiger partial charge in [-0.05, 0) is 23.6 Å². The van der Waals surface area contributed by atoms with E-state index in [9.17, 15) is 0 Å². The monoisotopic (exact) mass is 241 g/mol. The Bertz CT molecular complexity index is 255. The maximum Gasteiger partial charge on any atom is 0.0320 e. The molecule has 13 heavy (non-hydrogen) atoms. The quantitative estimate of drug-likeness (QED) is 0.862. The van der Waals surface area contributed by atoms with Crippen molar-refractivity contribution < 1.29 is 0 Å². The van der Waals surface area contributed by atoms with Crippen LogP contribution < -0.4 is 5.73 Å². The summed E-state index contributed by atoms with van der Waals surface area (Å²) in [6.07, 6.45) is 1.12. The molecule has 0 aliphatic carbocycles. The summed E-state index contributed by atoms with van der Waals surface area (Å²) in [5.74, 6) is 0.543. The normalized spacial score (nSPS) is 15.4. The van der Waals surface area contributed by atoms with Gasteiger partial charge in [0.15, 0.2) is 0 Å². The van der Waals surface area contributed by atoms with Crippen LogP contribution in [0.2, 0.25) is 0 Å². The van der Waals surface area contributed by atoms with E-state index in [2.05, 4.69) is 41.9 Å². The fourth-order valence-corrected chi connectivity index (χ4v) is 1.53. The van der Waals surface area contributed by atoms with Crippen LogP contribution in [0.3, 0.4) is 0 Å². The van der Waals surface area contributed by atoms with Crippen LogP contribution in [0, 0.1) is 5.92 Å². The van der Waals surface area contributed by atoms with Crippen molar-refractivity contribution in [3.63, 3.8) is 0 Å². The molecular weight excluding hydrogens is 226 g/mol. The van der Waals surface area contributed by atoms with Crippen molar-refractivity contribution >= 4 is 15.9 Å². The molecule has 1 nitrogen and oxygen atoms in total. The van der Waals surface area contributed by atoms with Crippen LogP contribution in [0.15, 0.2) is 28.7 Å². The molecule has 2 N–H and O–H groups in total. The zero-order chi connectivity index (χ0) is 9.84. The highest BCUT2D eigenvalue weighted by molar-refractivity contribution is 9.10. The first kappa shape index (κ1) is 10.7. The van der Waals surface area contributed by atoms with Crippen LogP contribution >= 0.6 is 15.9 Å². The average Bonchev–Trinajstić information content (AvgIpc) is 2.17. The van der Waals surface area contributed by atoms with E-state index in [4.69, 9.17) is 5.73 Å². The Kier molecular flexibility index (Phi) is 3.94. The molecule has 2 unspecified atom stereocenters. The van der Waals surface area contributed by atoms with Gasteiger partial charge < -0.3 is 5.73 Å². The van der Waals surface area contributed by atoms with Crippen LogP contribution in [0.25, 0.3) is 0 Å². The zero-order valence-corrected chi connectivity index (χ0v) is 9.71. The smallest absolute Gasteiger partial charge is 0.0320 e. The van der Waals surface area contributed by atoms with E-state index in [1.807, 2.05) is 12.1 Å². The molecule has 0 amide bonds. The molecule has 0 fully saturated rings. The summed E-state index contributed by atoms with van der Waals surface area (Å²) < 4.78 is 1.10. The maximum absolute atomic E-state index is 6.08. The van der Waals surface area contributed by atoms with Crippen molar-refractivity contribution in [2.45, 2.75) is 26.3 Å². The second kappa shape index (κ2) is 4.77. The van der Waals surface area contributed by atoms with Crippen LogP contribution in [-0.2, 0) is 0 Å². The fourth-order valence-electron chi connectivity index (χ4n) is 1.27. The SMILES string of the molecule is CCC(C)C(N)c1ccc(Br)cc1. The molecule has 0 saturated heterocycles. The number of benzene rings is 1. The summed E-state index contributed by atoms with van der Waals surface area (Å²) in [7, 11) is 0. The summed E-state index contributed by atoms with van der Waals surface area (Å²) in [4.78, 5) is 0. The van der Waals surface area contributed by atoms with E-state index in [1.165, 1.54) is 5.56 Å². The topological polar surface area (TPSA) is 26.0 Å². The van der Waals surface area contributed by atoms with Crippen molar-refractivity contribution in [2.24, 2.45) is 11.7 Å². The Morgan fingerprint density at radius 3 is 2.31 bits per heavy atom. The van der Waals surface area contributed by atoms with Gasteiger partial charge in [-0.1, -0.05) is 48.3 Å². The van der Waals surface area contributed by atoms with Gasteiger partial charge in [0.1, 0.15) is 0 Å². The minimum Gasteiger partial charge on any atom is -0.324 e. The first-order valence-electron chi connectivity index (χ1n) is 4.66. The van der Waals surface area contributed by atoms with Crippen molar-refractivity contribution in [3.05, 3.63) is 34.3 Å². The highest BCUT2D eigenvalue weighted by Crippen LogP contribution is 2.22. The number of nitrogens with two attached hydrogens (primary N) is 1. The largest absolute Gasteiger partial charge is 0.324 e. The van der Waals surface area contributed by atoms with Crippen LogP contribution in [0.5, 0.6) is 0 Å². The molecule has 2 heteroatoms. The van der Waals surface area contributed by atoms with E-state index >= 15 is 0 Å². The van der Waals surface area contributed by atoms with E-state index in [0.717, 1.165) is 10.9 Å². The van der Waals surface area contributed by atoms with Gasteiger partial charge in [0.2, 0.25) is 0 Å². The Balaban J connectivity index is 2.77. The van der Waals surface area contributed by atoms with Crippen molar-refractivity contribution in [1.29, 1.82) is 0 Å². The summed E-state index contributed by atoms with van der Waals surface area (Å²) in [5, 5.41) is 0. The molecule has 0 aromatic heterocycles. The molecule has 72 valence electrons. The lowest BCUT2D eigenvalue weighted by Gasteiger charge is -2.18. The highest BCUT2D eigenvalue weighted by Gasteiger charge is 2.12. The molecule has 0 heterocycles. The molecule has 0 bridgehead atoms. The van der Waals surface area contributed by atoms with Crippen molar-refractivity contribution in [1.82, 2.24) is 0 Å². The molecule has 1 aromatic carbocycles. The third kappa shape index (κ3) is 2.82. The summed E-state index contributed by atoms with van der Waals surface area (Å²) in [5.41, 5.74) is 7.30. The lowest BCUT2D eigenvalue weighted by atomic mass is 9.93. The average molecular weight is 242 g/mol. The Morgan fingerprint density at radius 2 is 1.85 bits per heavy atom. The Morgan fingerprint density at radius 1 is 1.31 bits per heavy atom. The number of rotatable bonds is 3. The minimum absolute atomic E-state index is 0.165. The fraction of sp³-hybridized carbons (Fsp3) is 0.455. The molecular formula is C11H16BrN. The molecule has 2 atom stereocenters. The van der Waals surface area contributed by atoms with Crippen LogP contribution in [0.1, 0.15) is 31.9 Å². The van der Waals surface area contributed by atoms with Crippen LogP contribution in [-0.4, -0.2) is 0 Å². The Labute approximate surface area is 88.5 Å². The van der Waals surface area contributed by atoms with Gasteiger partial charge in [-0.15, -0.1) is 0 Å². The molecule has 0 aliphatic heterocycles. The first-order chi connectivity index (χ1) is 6.15. The first-order valence-corrected chi connectivity index (χ1v) is 5.45. The summed E-state index contributed by atoms with van der Waals surface area (Å²) >= 11 is 3.41. The standard InChI is InChI=1S/C11H16BrN/c1-3-8(2)11(13)9-4-6-10(12)7-5-9/h4-8,11H,3,13H2,1-2H3. The zero-order valence-electron chi connectivity index (χ0n) is 8.13. The second-order valence-electron chi connectivity index (χ2n) is 3.46. The van der Waals surface area contributed by atoms with Gasteiger partial charge in [-0.3, -0.25) is 0 Å². The van der Waals surface area contributed by atoms with Gasteiger partial charge in [-0.25, -0.2) is 0 Å². The maximum atomic E-state index is 6.08. The molecule has 0 saturated carbocycles. The molecule has 0 aliphatic rings. The van der Waals surface area contributed by atoms with Gasteiger partial charge >= 0.3 is 0 Å². The predicted molar refractivity (Wildman–Crippen MR) is 60.5 cm³/mol. The van der Waals surface area contributed by atoms with Gasteiger partial charge in [0.05, 0.1) is 0 Å². The Hall–Kier alpha value is -0.340. The van der Waals surface area contributed by atoms with Crippen molar-refractivity contribution in [3.8, 4) is 0 Å². The van der Waals surface area contributed by atoms with E-state index < -0.39 is 0 Å². The summed E-state index contributed by atoms with van der Waals surface area (Å²) in [6, 6.07) is 8.41. The van der Waals surface area contributed by atoms with Gasteiger partial charge in [0, 0.05) is 10.5 Å². The molecule has 0 radical (unpaired) electrons. The van der Waals surface area contributed by atoms with Crippen molar-refractivity contribution in [2.75, 3.05) is 0 Å². The molecule has 0 spiro atoms. The predicted octanol–water partition coefficient (Wildman–Crippen LogP) is 3.50. The lowest BCUT2D eigenvalue weighted by Crippen LogP contribution is -2.18. The summed E-state index contributed by atoms with van der Waals surface area (Å²) in [6.45, 7) is 4.36. The number of hydrogen-bond acceptors (Lipinski definition) is 1. The third-order valence-electron chi connectivity index (χ3n) is 2.51. The second-order valence-corrected chi connectivity index (χ2v) is 4.38. The number of halogens is 1. The van der Waals surface area contributed by atoms with Gasteiger partial charge in [-0.2, -0.15) is 0 Å². The molecule has 1 rings (SSSR count). The van der Waals surface area contributed by atoms with E-state index in [1.54, 1.807) is 0 Å². The minimum atomic E-state index is 0.165. The third-order valence-corrected chi connectivity index (χ3v) is 3.04. The molecule has 1 aromatic rings.